The summed E-state index contributed by atoms with van der Waals surface area (Å²) in [5, 5.41) is 57.5. The molecule has 3 atom stereocenters. The topological polar surface area (TPSA) is 227 Å². The van der Waals surface area contributed by atoms with Gasteiger partial charge in [-0.25, -0.2) is 9.59 Å². The second kappa shape index (κ2) is 15.6. The summed E-state index contributed by atoms with van der Waals surface area (Å²) >= 11 is 0. The zero-order valence-electron chi connectivity index (χ0n) is 12.6. The number of aliphatic carboxylic acids is 2. The van der Waals surface area contributed by atoms with Crippen LogP contribution in [0, 0.1) is 0 Å². The predicted molar refractivity (Wildman–Crippen MR) is 73.8 cm³/mol. The number of aldehydes is 1. The minimum Gasteiger partial charge on any atom is -0.476 e. The SMILES string of the molecule is CC(=O)C(=O)O.O=C(O)C(=O)CC(O)C(O)CO.O=CC(O)CO. The molecule has 0 aliphatic heterocycles. The lowest BCUT2D eigenvalue weighted by Crippen LogP contribution is -2.33. The first-order chi connectivity index (χ1) is 10.9. The van der Waals surface area contributed by atoms with Gasteiger partial charge in [-0.15, -0.1) is 0 Å². The van der Waals surface area contributed by atoms with E-state index in [1.165, 1.54) is 0 Å². The van der Waals surface area contributed by atoms with Crippen LogP contribution in [-0.2, 0) is 24.0 Å². The first kappa shape index (κ1) is 26.6. The maximum absolute atomic E-state index is 10.4. The highest BCUT2D eigenvalue weighted by atomic mass is 16.4. The summed E-state index contributed by atoms with van der Waals surface area (Å²) in [7, 11) is 0. The van der Waals surface area contributed by atoms with Gasteiger partial charge in [0.15, 0.2) is 6.29 Å². The molecule has 0 radical (unpaired) electrons. The van der Waals surface area contributed by atoms with Crippen LogP contribution >= 0.6 is 0 Å². The Labute approximate surface area is 135 Å². The van der Waals surface area contributed by atoms with Gasteiger partial charge in [0.2, 0.25) is 11.6 Å². The highest BCUT2D eigenvalue weighted by molar-refractivity contribution is 6.32. The van der Waals surface area contributed by atoms with Crippen molar-refractivity contribution in [1.29, 1.82) is 0 Å². The molecule has 0 spiro atoms. The molecule has 0 aromatic rings. The maximum Gasteiger partial charge on any atom is 0.372 e. The van der Waals surface area contributed by atoms with Gasteiger partial charge in [-0.2, -0.15) is 0 Å². The highest BCUT2D eigenvalue weighted by Crippen LogP contribution is 1.99. The fraction of sp³-hybridized carbons (Fsp3) is 0.583. The van der Waals surface area contributed by atoms with Gasteiger partial charge in [0.1, 0.15) is 12.2 Å². The zero-order chi connectivity index (χ0) is 19.9. The standard InChI is InChI=1S/C6H10O6.C3H6O3.C3H4O3/c7-2-5(10)3(8)1-4(9)6(11)12;4-1-3(6)2-5;1-2(4)3(5)6/h3,5,7-8,10H,1-2H2,(H,11,12);1,3,5-6H,2H2;1H3,(H,5,6). The molecule has 12 heteroatoms. The Kier molecular flexibility index (Phi) is 17.4. The molecule has 0 aliphatic rings. The van der Waals surface area contributed by atoms with E-state index in [0.717, 1.165) is 6.92 Å². The van der Waals surface area contributed by atoms with Crippen molar-refractivity contribution in [3.05, 3.63) is 0 Å². The van der Waals surface area contributed by atoms with Crippen molar-refractivity contribution in [2.45, 2.75) is 31.7 Å². The number of ketones is 2. The summed E-state index contributed by atoms with van der Waals surface area (Å²) < 4.78 is 0. The molecule has 0 saturated carbocycles. The Morgan fingerprint density at radius 2 is 1.29 bits per heavy atom. The lowest BCUT2D eigenvalue weighted by Gasteiger charge is -2.12. The fourth-order valence-electron chi connectivity index (χ4n) is 0.578. The largest absolute Gasteiger partial charge is 0.476 e. The Morgan fingerprint density at radius 3 is 1.46 bits per heavy atom. The number of rotatable bonds is 8. The van der Waals surface area contributed by atoms with Crippen LogP contribution in [0.15, 0.2) is 0 Å². The lowest BCUT2D eigenvalue weighted by atomic mass is 10.1. The molecule has 0 rings (SSSR count). The van der Waals surface area contributed by atoms with Gasteiger partial charge in [0.05, 0.1) is 19.3 Å². The minimum atomic E-state index is -1.67. The molecular weight excluding hydrogens is 336 g/mol. The third kappa shape index (κ3) is 17.8. The van der Waals surface area contributed by atoms with E-state index in [0.29, 0.717) is 0 Å². The summed E-state index contributed by atoms with van der Waals surface area (Å²) in [6.45, 7) is -0.195. The molecule has 0 heterocycles. The Balaban J connectivity index is -0.000000309. The van der Waals surface area contributed by atoms with E-state index in [9.17, 15) is 24.0 Å². The van der Waals surface area contributed by atoms with Crippen molar-refractivity contribution in [2.75, 3.05) is 13.2 Å². The maximum atomic E-state index is 10.4. The molecule has 7 N–H and O–H groups in total. The zero-order valence-corrected chi connectivity index (χ0v) is 12.6. The van der Waals surface area contributed by atoms with Crippen molar-refractivity contribution >= 4 is 29.8 Å². The Morgan fingerprint density at radius 1 is 0.875 bits per heavy atom. The van der Waals surface area contributed by atoms with Crippen molar-refractivity contribution in [2.24, 2.45) is 0 Å². The van der Waals surface area contributed by atoms with Gasteiger partial charge in [0, 0.05) is 13.3 Å². The minimum absolute atomic E-state index is 0.278. The number of carbonyl (C=O) groups excluding carboxylic acids is 3. The average molecular weight is 356 g/mol. The van der Waals surface area contributed by atoms with Crippen LogP contribution in [0.5, 0.6) is 0 Å². The number of carboxylic acids is 2. The molecule has 24 heavy (non-hydrogen) atoms. The van der Waals surface area contributed by atoms with E-state index in [4.69, 9.17) is 35.7 Å². The van der Waals surface area contributed by atoms with E-state index < -0.39 is 61.5 Å². The number of Topliss-reactive ketones (excluding diaryl/α,β-unsaturated/α-hetero) is 2. The van der Waals surface area contributed by atoms with Crippen molar-refractivity contribution in [1.82, 2.24) is 0 Å². The van der Waals surface area contributed by atoms with Gasteiger partial charge in [-0.1, -0.05) is 0 Å². The molecule has 0 aromatic heterocycles. The van der Waals surface area contributed by atoms with Crippen molar-refractivity contribution in [3.63, 3.8) is 0 Å². The van der Waals surface area contributed by atoms with Crippen LogP contribution in [-0.4, -0.2) is 97.1 Å². The van der Waals surface area contributed by atoms with Gasteiger partial charge < -0.3 is 40.5 Å². The van der Waals surface area contributed by atoms with Gasteiger partial charge >= 0.3 is 11.9 Å². The van der Waals surface area contributed by atoms with Crippen LogP contribution in [0.4, 0.5) is 0 Å². The summed E-state index contributed by atoms with van der Waals surface area (Å²) in [5.74, 6) is -5.07. The number of carboxylic acid groups (broad SMARTS) is 2. The van der Waals surface area contributed by atoms with E-state index >= 15 is 0 Å². The van der Waals surface area contributed by atoms with Crippen LogP contribution in [0.25, 0.3) is 0 Å². The average Bonchev–Trinajstić information content (AvgIpc) is 2.53. The molecule has 0 aliphatic carbocycles. The smallest absolute Gasteiger partial charge is 0.372 e. The molecule has 3 unspecified atom stereocenters. The Bertz CT molecular complexity index is 406. The monoisotopic (exact) mass is 356 g/mol. The summed E-state index contributed by atoms with van der Waals surface area (Å²) in [5.41, 5.74) is 0. The second-order valence-corrected chi connectivity index (χ2v) is 4.00. The quantitative estimate of drug-likeness (QED) is 0.163. The van der Waals surface area contributed by atoms with Gasteiger partial charge in [0.25, 0.3) is 0 Å². The van der Waals surface area contributed by atoms with Crippen LogP contribution in [0.3, 0.4) is 0 Å². The molecule has 0 bridgehead atoms. The third-order valence-electron chi connectivity index (χ3n) is 1.91. The molecule has 0 fully saturated rings. The van der Waals surface area contributed by atoms with Crippen molar-refractivity contribution in [3.8, 4) is 0 Å². The van der Waals surface area contributed by atoms with Crippen LogP contribution in [0.2, 0.25) is 0 Å². The van der Waals surface area contributed by atoms with Gasteiger partial charge in [-0.05, 0) is 0 Å². The number of aliphatic hydroxyl groups is 5. The molecule has 0 saturated heterocycles. The highest BCUT2D eigenvalue weighted by Gasteiger charge is 2.22. The van der Waals surface area contributed by atoms with Gasteiger partial charge in [-0.3, -0.25) is 9.59 Å². The second-order valence-electron chi connectivity index (χ2n) is 4.00. The predicted octanol–water partition coefficient (Wildman–Crippen LogP) is -4.06. The van der Waals surface area contributed by atoms with E-state index in [2.05, 4.69) is 0 Å². The molecule has 12 nitrogen and oxygen atoms in total. The van der Waals surface area contributed by atoms with E-state index in [1.807, 2.05) is 0 Å². The normalized spacial score (nSPS) is 12.9. The third-order valence-corrected chi connectivity index (χ3v) is 1.91. The first-order valence-corrected chi connectivity index (χ1v) is 6.15. The van der Waals surface area contributed by atoms with E-state index in [1.54, 1.807) is 0 Å². The number of aliphatic hydroxyl groups excluding tert-OH is 5. The first-order valence-electron chi connectivity index (χ1n) is 6.15. The molecule has 0 aromatic carbocycles. The number of hydrogen-bond donors (Lipinski definition) is 7. The summed E-state index contributed by atoms with van der Waals surface area (Å²) in [6, 6.07) is 0. The molecule has 140 valence electrons. The summed E-state index contributed by atoms with van der Waals surface area (Å²) in [6.07, 6.45) is -4.62. The van der Waals surface area contributed by atoms with Crippen molar-refractivity contribution < 1.29 is 59.7 Å². The number of hydrogen-bond acceptors (Lipinski definition) is 10. The molecule has 0 amide bonds. The summed E-state index contributed by atoms with van der Waals surface area (Å²) in [4.78, 5) is 48.6. The lowest BCUT2D eigenvalue weighted by molar-refractivity contribution is -0.151. The molecular formula is C12H20O12. The fourth-order valence-corrected chi connectivity index (χ4v) is 0.578. The van der Waals surface area contributed by atoms with Crippen LogP contribution < -0.4 is 0 Å². The van der Waals surface area contributed by atoms with Crippen LogP contribution in [0.1, 0.15) is 13.3 Å². The Hall–Kier alpha value is -2.25. The van der Waals surface area contributed by atoms with E-state index in [-0.39, 0.29) is 6.29 Å². The number of carbonyl (C=O) groups is 5.